The van der Waals surface area contributed by atoms with Crippen molar-refractivity contribution < 1.29 is 27.8 Å². The number of halogens is 3. The van der Waals surface area contributed by atoms with Gasteiger partial charge in [0.1, 0.15) is 5.75 Å². The van der Waals surface area contributed by atoms with Gasteiger partial charge in [-0.1, -0.05) is 18.2 Å². The van der Waals surface area contributed by atoms with Crippen molar-refractivity contribution in [3.05, 3.63) is 30.3 Å². The van der Waals surface area contributed by atoms with Crippen LogP contribution in [0.1, 0.15) is 12.8 Å². The van der Waals surface area contributed by atoms with E-state index in [4.69, 9.17) is 9.84 Å². The van der Waals surface area contributed by atoms with Gasteiger partial charge < -0.3 is 9.84 Å². The molecule has 0 aromatic heterocycles. The summed E-state index contributed by atoms with van der Waals surface area (Å²) in [7, 11) is 0. The molecule has 6 heteroatoms. The van der Waals surface area contributed by atoms with E-state index in [1.165, 1.54) is 0 Å². The average Bonchev–Trinajstić information content (AvgIpc) is 2.27. The third-order valence-electron chi connectivity index (χ3n) is 2.36. The molecule has 1 aromatic rings. The topological polar surface area (TPSA) is 46.5 Å². The van der Waals surface area contributed by atoms with Crippen molar-refractivity contribution in [2.45, 2.75) is 19.0 Å². The minimum Gasteiger partial charge on any atom is -0.494 e. The second-order valence-corrected chi connectivity index (χ2v) is 3.79. The van der Waals surface area contributed by atoms with Gasteiger partial charge in [0.2, 0.25) is 0 Å². The van der Waals surface area contributed by atoms with Gasteiger partial charge in [-0.25, -0.2) is 0 Å². The predicted molar refractivity (Wildman–Crippen MR) is 58.4 cm³/mol. The Bertz CT molecular complexity index is 376. The van der Waals surface area contributed by atoms with E-state index in [1.54, 1.807) is 30.3 Å². The van der Waals surface area contributed by atoms with Crippen LogP contribution in [0, 0.1) is 5.92 Å². The normalized spacial score (nSPS) is 13.1. The van der Waals surface area contributed by atoms with Crippen molar-refractivity contribution in [1.82, 2.24) is 0 Å². The number of carboxylic acid groups (broad SMARTS) is 1. The average molecular weight is 262 g/mol. The number of para-hydroxylation sites is 1. The number of ether oxygens (including phenoxy) is 1. The fourth-order valence-corrected chi connectivity index (χ4v) is 1.43. The van der Waals surface area contributed by atoms with Crippen molar-refractivity contribution in [3.63, 3.8) is 0 Å². The maximum absolute atomic E-state index is 12.5. The number of carbonyl (C=O) groups is 1. The second-order valence-electron chi connectivity index (χ2n) is 3.79. The lowest BCUT2D eigenvalue weighted by Crippen LogP contribution is -2.27. The van der Waals surface area contributed by atoms with Crippen molar-refractivity contribution in [1.29, 1.82) is 0 Å². The molecule has 0 aliphatic heterocycles. The van der Waals surface area contributed by atoms with Crippen molar-refractivity contribution in [3.8, 4) is 5.75 Å². The molecule has 100 valence electrons. The maximum Gasteiger partial charge on any atom is 0.392 e. The van der Waals surface area contributed by atoms with Crippen LogP contribution in [0.25, 0.3) is 0 Å². The lowest BCUT2D eigenvalue weighted by molar-refractivity contribution is -0.185. The van der Waals surface area contributed by atoms with Gasteiger partial charge >= 0.3 is 12.1 Å². The van der Waals surface area contributed by atoms with Crippen LogP contribution in [0.3, 0.4) is 0 Å². The molecule has 1 N–H and O–H groups in total. The Kier molecular flexibility index (Phi) is 5.00. The summed E-state index contributed by atoms with van der Waals surface area (Å²) in [5, 5.41) is 8.42. The third kappa shape index (κ3) is 5.07. The Balaban J connectivity index is 2.45. The molecule has 0 fully saturated rings. The van der Waals surface area contributed by atoms with E-state index in [0.717, 1.165) is 0 Å². The fourth-order valence-electron chi connectivity index (χ4n) is 1.43. The predicted octanol–water partition coefficient (Wildman–Crippen LogP) is 3.11. The fraction of sp³-hybridized carbons (Fsp3) is 0.417. The van der Waals surface area contributed by atoms with Gasteiger partial charge in [-0.05, 0) is 18.6 Å². The molecular weight excluding hydrogens is 249 g/mol. The van der Waals surface area contributed by atoms with Crippen LogP contribution in [-0.4, -0.2) is 23.9 Å². The lowest BCUT2D eigenvalue weighted by Gasteiger charge is -2.18. The molecule has 0 saturated heterocycles. The molecule has 1 unspecified atom stereocenters. The lowest BCUT2D eigenvalue weighted by atomic mass is 10.0. The van der Waals surface area contributed by atoms with E-state index in [1.807, 2.05) is 0 Å². The summed E-state index contributed by atoms with van der Waals surface area (Å²) in [5.74, 6) is -2.87. The van der Waals surface area contributed by atoms with Crippen LogP contribution in [0.2, 0.25) is 0 Å². The number of alkyl halides is 3. The zero-order chi connectivity index (χ0) is 13.6. The molecule has 1 aromatic carbocycles. The highest BCUT2D eigenvalue weighted by atomic mass is 19.4. The molecule has 0 spiro atoms. The Morgan fingerprint density at radius 1 is 1.28 bits per heavy atom. The quantitative estimate of drug-likeness (QED) is 0.856. The molecule has 0 amide bonds. The Morgan fingerprint density at radius 2 is 1.89 bits per heavy atom. The summed E-state index contributed by atoms with van der Waals surface area (Å²) in [4.78, 5) is 10.3. The summed E-state index contributed by atoms with van der Waals surface area (Å²) in [6.45, 7) is -0.165. The Labute approximate surface area is 102 Å². The first-order valence-corrected chi connectivity index (χ1v) is 5.36. The minimum absolute atomic E-state index is 0.165. The Morgan fingerprint density at radius 3 is 2.39 bits per heavy atom. The van der Waals surface area contributed by atoms with Crippen LogP contribution >= 0.6 is 0 Å². The first kappa shape index (κ1) is 14.3. The van der Waals surface area contributed by atoms with Gasteiger partial charge in [0.05, 0.1) is 18.9 Å². The first-order chi connectivity index (χ1) is 8.39. The van der Waals surface area contributed by atoms with Crippen LogP contribution in [0.5, 0.6) is 5.75 Å². The van der Waals surface area contributed by atoms with E-state index in [0.29, 0.717) is 5.75 Å². The summed E-state index contributed by atoms with van der Waals surface area (Å²) >= 11 is 0. The molecule has 3 nitrogen and oxygen atoms in total. The summed E-state index contributed by atoms with van der Waals surface area (Å²) in [5.41, 5.74) is 0. The number of rotatable bonds is 6. The second kappa shape index (κ2) is 6.28. The van der Waals surface area contributed by atoms with Gasteiger partial charge in [0.25, 0.3) is 0 Å². The molecule has 0 aliphatic rings. The number of hydrogen-bond acceptors (Lipinski definition) is 2. The van der Waals surface area contributed by atoms with Crippen LogP contribution in [0.15, 0.2) is 30.3 Å². The van der Waals surface area contributed by atoms with Gasteiger partial charge in [-0.3, -0.25) is 4.79 Å². The Hall–Kier alpha value is -1.72. The molecule has 0 aliphatic carbocycles. The molecule has 0 bridgehead atoms. The van der Waals surface area contributed by atoms with E-state index in [-0.39, 0.29) is 13.0 Å². The number of carboxylic acids is 1. The van der Waals surface area contributed by atoms with Crippen molar-refractivity contribution >= 4 is 5.97 Å². The highest BCUT2D eigenvalue weighted by Crippen LogP contribution is 2.31. The van der Waals surface area contributed by atoms with E-state index in [2.05, 4.69) is 0 Å². The van der Waals surface area contributed by atoms with Gasteiger partial charge in [0, 0.05) is 0 Å². The smallest absolute Gasteiger partial charge is 0.392 e. The third-order valence-corrected chi connectivity index (χ3v) is 2.36. The van der Waals surface area contributed by atoms with Gasteiger partial charge in [0.15, 0.2) is 0 Å². The van der Waals surface area contributed by atoms with E-state index >= 15 is 0 Å². The summed E-state index contributed by atoms with van der Waals surface area (Å²) < 4.78 is 42.6. The largest absolute Gasteiger partial charge is 0.494 e. The summed E-state index contributed by atoms with van der Waals surface area (Å²) in [6, 6.07) is 8.41. The van der Waals surface area contributed by atoms with Crippen molar-refractivity contribution in [2.24, 2.45) is 5.92 Å². The first-order valence-electron chi connectivity index (χ1n) is 5.36. The van der Waals surface area contributed by atoms with Crippen molar-refractivity contribution in [2.75, 3.05) is 6.61 Å². The maximum atomic E-state index is 12.5. The monoisotopic (exact) mass is 262 g/mol. The zero-order valence-electron chi connectivity index (χ0n) is 9.48. The molecular formula is C12H13F3O3. The number of benzene rings is 1. The van der Waals surface area contributed by atoms with Gasteiger partial charge in [-0.15, -0.1) is 0 Å². The highest BCUT2D eigenvalue weighted by molar-refractivity contribution is 5.67. The molecule has 0 saturated carbocycles. The van der Waals surface area contributed by atoms with E-state index in [9.17, 15) is 18.0 Å². The van der Waals surface area contributed by atoms with Crippen LogP contribution < -0.4 is 4.74 Å². The molecule has 1 rings (SSSR count). The minimum atomic E-state index is -4.52. The molecule has 0 radical (unpaired) electrons. The van der Waals surface area contributed by atoms with Crippen LogP contribution in [0.4, 0.5) is 13.2 Å². The van der Waals surface area contributed by atoms with Gasteiger partial charge in [-0.2, -0.15) is 13.2 Å². The summed E-state index contributed by atoms with van der Waals surface area (Å²) in [6.07, 6.45) is -5.81. The van der Waals surface area contributed by atoms with E-state index < -0.39 is 24.5 Å². The SMILES string of the molecule is O=C(O)CC(CCOc1ccccc1)C(F)(F)F. The molecule has 0 heterocycles. The molecule has 1 atom stereocenters. The number of aliphatic carboxylic acids is 1. The standard InChI is InChI=1S/C12H13F3O3/c13-12(14,15)9(8-11(16)17)6-7-18-10-4-2-1-3-5-10/h1-5,9H,6-8H2,(H,16,17). The number of hydrogen-bond donors (Lipinski definition) is 1. The zero-order valence-corrected chi connectivity index (χ0v) is 9.48. The van der Waals surface area contributed by atoms with Crippen LogP contribution in [-0.2, 0) is 4.79 Å². The highest BCUT2D eigenvalue weighted by Gasteiger charge is 2.40. The molecule has 18 heavy (non-hydrogen) atoms.